The molecule has 0 saturated heterocycles. The van der Waals surface area contributed by atoms with Gasteiger partial charge in [-0.2, -0.15) is 13.5 Å². The number of aryl methyl sites for hydroxylation is 1. The minimum absolute atomic E-state index is 0.0101. The number of rotatable bonds is 10. The Morgan fingerprint density at radius 1 is 1.05 bits per heavy atom. The van der Waals surface area contributed by atoms with Gasteiger partial charge in [0.15, 0.2) is 18.1 Å². The molecule has 0 saturated carbocycles. The summed E-state index contributed by atoms with van der Waals surface area (Å²) in [6, 6.07) is 15.3. The van der Waals surface area contributed by atoms with Crippen molar-refractivity contribution >= 4 is 27.9 Å². The van der Waals surface area contributed by atoms with E-state index >= 15 is 0 Å². The molecule has 0 aliphatic carbocycles. The zero-order chi connectivity index (χ0) is 28.8. The molecule has 0 bridgehead atoms. The molecule has 3 aromatic carbocycles. The smallest absolute Gasteiger partial charge is 0.339 e. The Bertz CT molecular complexity index is 1490. The maximum absolute atomic E-state index is 12.7. The number of nitrogens with one attached hydrogen (secondary N) is 1. The third kappa shape index (κ3) is 7.77. The molecule has 0 aliphatic rings. The first-order valence-electron chi connectivity index (χ1n) is 11.7. The number of methoxy groups -OCH3 is 1. The third-order valence-corrected chi connectivity index (χ3v) is 6.78. The van der Waals surface area contributed by atoms with E-state index in [0.29, 0.717) is 16.9 Å². The van der Waals surface area contributed by atoms with Crippen LogP contribution < -0.4 is 19.1 Å². The normalized spacial score (nSPS) is 11.7. The van der Waals surface area contributed by atoms with Crippen LogP contribution in [0.1, 0.15) is 37.5 Å². The largest absolute Gasteiger partial charge is 0.493 e. The summed E-state index contributed by atoms with van der Waals surface area (Å²) in [5.41, 5.74) is 3.95. The number of ether oxygens (including phenoxy) is 2. The summed E-state index contributed by atoms with van der Waals surface area (Å²) in [4.78, 5) is 22.2. The van der Waals surface area contributed by atoms with Crippen molar-refractivity contribution in [3.8, 4) is 17.2 Å². The number of hydrogen-bond donors (Lipinski definition) is 1. The molecule has 0 spiro atoms. The van der Waals surface area contributed by atoms with Crippen molar-refractivity contribution in [3.63, 3.8) is 0 Å². The number of benzene rings is 3. The number of carbonyl (C=O) groups excluding carboxylic acids is 1. The Kier molecular flexibility index (Phi) is 8.92. The Hall–Kier alpha value is -4.45. The predicted octanol–water partition coefficient (Wildman–Crippen LogP) is 4.51. The molecule has 0 unspecified atom stereocenters. The van der Waals surface area contributed by atoms with Gasteiger partial charge in [0.05, 0.1) is 18.2 Å². The molecule has 0 radical (unpaired) electrons. The zero-order valence-electron chi connectivity index (χ0n) is 22.1. The van der Waals surface area contributed by atoms with Crippen LogP contribution in [0.4, 0.5) is 5.69 Å². The van der Waals surface area contributed by atoms with Crippen LogP contribution in [0.25, 0.3) is 0 Å². The van der Waals surface area contributed by atoms with Gasteiger partial charge in [-0.1, -0.05) is 39.0 Å². The van der Waals surface area contributed by atoms with Gasteiger partial charge < -0.3 is 13.7 Å². The Labute approximate surface area is 226 Å². The molecular weight excluding hydrogens is 526 g/mol. The Morgan fingerprint density at radius 2 is 1.74 bits per heavy atom. The van der Waals surface area contributed by atoms with Crippen LogP contribution >= 0.6 is 0 Å². The van der Waals surface area contributed by atoms with Crippen LogP contribution in [0.3, 0.4) is 0 Å². The van der Waals surface area contributed by atoms with Gasteiger partial charge in [-0.05, 0) is 59.9 Å². The number of carbonyl (C=O) groups is 1. The van der Waals surface area contributed by atoms with Crippen LogP contribution in [0.15, 0.2) is 70.7 Å². The number of amides is 1. The van der Waals surface area contributed by atoms with E-state index in [4.69, 9.17) is 13.7 Å². The molecule has 1 amide bonds. The van der Waals surface area contributed by atoms with Gasteiger partial charge in [-0.15, -0.1) is 0 Å². The third-order valence-electron chi connectivity index (χ3n) is 5.55. The maximum Gasteiger partial charge on any atom is 0.339 e. The van der Waals surface area contributed by atoms with Gasteiger partial charge in [0.25, 0.3) is 11.6 Å². The molecule has 0 aliphatic heterocycles. The van der Waals surface area contributed by atoms with Crippen molar-refractivity contribution < 1.29 is 31.8 Å². The highest BCUT2D eigenvalue weighted by molar-refractivity contribution is 7.87. The molecule has 1 N–H and O–H groups in total. The molecule has 11 nitrogen and oxygen atoms in total. The molecule has 39 heavy (non-hydrogen) atoms. The minimum Gasteiger partial charge on any atom is -0.493 e. The fourth-order valence-corrected chi connectivity index (χ4v) is 4.31. The van der Waals surface area contributed by atoms with Crippen molar-refractivity contribution in [2.45, 2.75) is 38.0 Å². The lowest BCUT2D eigenvalue weighted by Crippen LogP contribution is -2.24. The van der Waals surface area contributed by atoms with Gasteiger partial charge in [-0.25, -0.2) is 5.43 Å². The van der Waals surface area contributed by atoms with E-state index in [1.165, 1.54) is 50.6 Å². The van der Waals surface area contributed by atoms with E-state index in [-0.39, 0.29) is 34.1 Å². The molecule has 12 heteroatoms. The highest BCUT2D eigenvalue weighted by atomic mass is 32.2. The molecule has 3 rings (SSSR count). The maximum atomic E-state index is 12.7. The lowest BCUT2D eigenvalue weighted by Gasteiger charge is -2.19. The van der Waals surface area contributed by atoms with E-state index in [0.717, 1.165) is 11.6 Å². The minimum atomic E-state index is -4.39. The first-order chi connectivity index (χ1) is 18.3. The number of nitrogens with zero attached hydrogens (tertiary/aromatic N) is 2. The summed E-state index contributed by atoms with van der Waals surface area (Å²) in [5, 5.41) is 15.1. The number of nitro groups is 1. The fraction of sp³-hybridized carbons (Fsp3) is 0.259. The summed E-state index contributed by atoms with van der Waals surface area (Å²) < 4.78 is 41.3. The van der Waals surface area contributed by atoms with Crippen molar-refractivity contribution in [2.24, 2.45) is 5.10 Å². The van der Waals surface area contributed by atoms with E-state index < -0.39 is 20.9 Å². The summed E-state index contributed by atoms with van der Waals surface area (Å²) in [6.45, 7) is 7.57. The van der Waals surface area contributed by atoms with Gasteiger partial charge in [-0.3, -0.25) is 14.9 Å². The quantitative estimate of drug-likeness (QED) is 0.166. The average Bonchev–Trinajstić information content (AvgIpc) is 2.87. The van der Waals surface area contributed by atoms with Crippen molar-refractivity contribution in [2.75, 3.05) is 13.7 Å². The highest BCUT2D eigenvalue weighted by Crippen LogP contribution is 2.31. The predicted molar refractivity (Wildman–Crippen MR) is 145 cm³/mol. The summed E-state index contributed by atoms with van der Waals surface area (Å²) in [6.07, 6.45) is 1.33. The molecule has 206 valence electrons. The second-order valence-corrected chi connectivity index (χ2v) is 11.1. The van der Waals surface area contributed by atoms with Crippen molar-refractivity contribution in [1.82, 2.24) is 5.43 Å². The highest BCUT2D eigenvalue weighted by Gasteiger charge is 2.23. The molecular formula is C27H29N3O8S. The van der Waals surface area contributed by atoms with Crippen molar-refractivity contribution in [1.29, 1.82) is 0 Å². The molecule has 0 heterocycles. The van der Waals surface area contributed by atoms with Crippen LogP contribution in [0.2, 0.25) is 0 Å². The SMILES string of the molecule is COc1cc(/C=N\NC(=O)COc2ccc(C(C)(C)C)cc2)ccc1OS(=O)(=O)c1ccc(C)c([N+](=O)[O-])c1. The first kappa shape index (κ1) is 29.1. The van der Waals surface area contributed by atoms with E-state index in [1.807, 2.05) is 12.1 Å². The van der Waals surface area contributed by atoms with E-state index in [1.54, 1.807) is 12.1 Å². The van der Waals surface area contributed by atoms with E-state index in [2.05, 4.69) is 31.3 Å². The number of hydrazone groups is 1. The summed E-state index contributed by atoms with van der Waals surface area (Å²) in [5.74, 6) is 0.0132. The zero-order valence-corrected chi connectivity index (χ0v) is 22.9. The Morgan fingerprint density at radius 3 is 2.36 bits per heavy atom. The fourth-order valence-electron chi connectivity index (χ4n) is 3.35. The van der Waals surface area contributed by atoms with Crippen LogP contribution in [-0.4, -0.2) is 39.2 Å². The van der Waals surface area contributed by atoms with Gasteiger partial charge in [0.2, 0.25) is 0 Å². The molecule has 0 aromatic heterocycles. The Balaban J connectivity index is 1.62. The molecule has 0 fully saturated rings. The van der Waals surface area contributed by atoms with Crippen molar-refractivity contribution in [3.05, 3.63) is 87.5 Å². The van der Waals surface area contributed by atoms with E-state index in [9.17, 15) is 23.3 Å². The van der Waals surface area contributed by atoms with Gasteiger partial charge in [0, 0.05) is 11.6 Å². The van der Waals surface area contributed by atoms with Crippen LogP contribution in [-0.2, 0) is 20.3 Å². The second kappa shape index (κ2) is 11.9. The van der Waals surface area contributed by atoms with Gasteiger partial charge in [0.1, 0.15) is 10.6 Å². The monoisotopic (exact) mass is 555 g/mol. The van der Waals surface area contributed by atoms with Gasteiger partial charge >= 0.3 is 10.1 Å². The number of hydrogen-bond acceptors (Lipinski definition) is 9. The number of nitro benzene ring substituents is 1. The molecule has 0 atom stereocenters. The summed E-state index contributed by atoms with van der Waals surface area (Å²) >= 11 is 0. The topological polar surface area (TPSA) is 146 Å². The standard InChI is InChI=1S/C27H29N3O8S/c1-18-6-12-22(15-23(18)30(32)33)39(34,35)38-24-13-7-19(14-25(24)36-5)16-28-29-26(31)17-37-21-10-8-20(9-11-21)27(2,3)4/h6-16H,17H2,1-5H3,(H,29,31)/b28-16-. The molecule has 3 aromatic rings. The average molecular weight is 556 g/mol. The second-order valence-electron chi connectivity index (χ2n) is 9.51. The van der Waals surface area contributed by atoms with Crippen LogP contribution in [0, 0.1) is 17.0 Å². The lowest BCUT2D eigenvalue weighted by atomic mass is 9.87. The summed E-state index contributed by atoms with van der Waals surface area (Å²) in [7, 11) is -3.07. The first-order valence-corrected chi connectivity index (χ1v) is 13.1. The van der Waals surface area contributed by atoms with Crippen LogP contribution in [0.5, 0.6) is 17.2 Å². The lowest BCUT2D eigenvalue weighted by molar-refractivity contribution is -0.385.